The van der Waals surface area contributed by atoms with Crippen molar-refractivity contribution in [2.45, 2.75) is 38.3 Å². The van der Waals surface area contributed by atoms with Gasteiger partial charge in [-0.2, -0.15) is 5.10 Å². The lowest BCUT2D eigenvalue weighted by molar-refractivity contribution is 0.231. The van der Waals surface area contributed by atoms with Crippen LogP contribution in [0.25, 0.3) is 11.0 Å². The molecule has 0 saturated heterocycles. The third-order valence-corrected chi connectivity index (χ3v) is 4.90. The molecule has 1 aromatic carbocycles. The topological polar surface area (TPSA) is 72.1 Å². The van der Waals surface area contributed by atoms with Crippen molar-refractivity contribution in [2.75, 3.05) is 0 Å². The lowest BCUT2D eigenvalue weighted by atomic mass is 9.93. The van der Waals surface area contributed by atoms with E-state index in [0.717, 1.165) is 41.6 Å². The molecule has 0 saturated carbocycles. The van der Waals surface area contributed by atoms with Crippen molar-refractivity contribution in [3.05, 3.63) is 53.5 Å². The Morgan fingerprint density at radius 1 is 1.40 bits per heavy atom. The van der Waals surface area contributed by atoms with Crippen molar-refractivity contribution in [1.29, 1.82) is 0 Å². The Hall–Kier alpha value is -2.76. The lowest BCUT2D eigenvalue weighted by Crippen LogP contribution is -2.40. The van der Waals surface area contributed by atoms with Gasteiger partial charge in [0.1, 0.15) is 11.3 Å². The molecule has 2 heterocycles. The maximum Gasteiger partial charge on any atom is 0.315 e. The second kappa shape index (κ2) is 6.27. The molecule has 0 bridgehead atoms. The van der Waals surface area contributed by atoms with Gasteiger partial charge < -0.3 is 15.1 Å². The first-order valence-electron chi connectivity index (χ1n) is 8.68. The highest BCUT2D eigenvalue weighted by Gasteiger charge is 2.25. The summed E-state index contributed by atoms with van der Waals surface area (Å²) in [7, 11) is 1.95. The second-order valence-corrected chi connectivity index (χ2v) is 6.64. The first kappa shape index (κ1) is 15.7. The van der Waals surface area contributed by atoms with Crippen LogP contribution in [0.3, 0.4) is 0 Å². The van der Waals surface area contributed by atoms with Crippen LogP contribution in [0.2, 0.25) is 0 Å². The Morgan fingerprint density at radius 2 is 2.24 bits per heavy atom. The number of hydrogen-bond acceptors (Lipinski definition) is 3. The standard InChI is InChI=1S/C19H22N4O2/c1-12(18-10-13-6-3-4-9-17(13)25-18)21-19(24)22-15-7-5-8-16-14(15)11-20-23(16)2/h3-4,6,9-12,15H,5,7-8H2,1-2H3,(H2,21,22,24)/t12-,15+/m1/s1. The number of aromatic nitrogens is 2. The SMILES string of the molecule is C[C@@H](NC(=O)N[C@H]1CCCc2c1cnn2C)c1cc2ccccc2o1. The number of nitrogens with zero attached hydrogens (tertiary/aromatic N) is 2. The van der Waals surface area contributed by atoms with Gasteiger partial charge in [0.15, 0.2) is 0 Å². The van der Waals surface area contributed by atoms with E-state index in [0.29, 0.717) is 0 Å². The average Bonchev–Trinajstić information content (AvgIpc) is 3.19. The smallest absolute Gasteiger partial charge is 0.315 e. The van der Waals surface area contributed by atoms with Crippen molar-refractivity contribution >= 4 is 17.0 Å². The van der Waals surface area contributed by atoms with Crippen molar-refractivity contribution in [1.82, 2.24) is 20.4 Å². The Labute approximate surface area is 146 Å². The van der Waals surface area contributed by atoms with E-state index in [-0.39, 0.29) is 18.1 Å². The number of urea groups is 1. The van der Waals surface area contributed by atoms with E-state index in [1.54, 1.807) is 0 Å². The van der Waals surface area contributed by atoms with E-state index in [1.165, 1.54) is 5.69 Å². The molecule has 6 nitrogen and oxygen atoms in total. The first-order chi connectivity index (χ1) is 12.1. The second-order valence-electron chi connectivity index (χ2n) is 6.64. The molecule has 0 fully saturated rings. The largest absolute Gasteiger partial charge is 0.459 e. The third kappa shape index (κ3) is 2.99. The number of hydrogen-bond donors (Lipinski definition) is 2. The van der Waals surface area contributed by atoms with Gasteiger partial charge in [-0.05, 0) is 38.3 Å². The highest BCUT2D eigenvalue weighted by molar-refractivity contribution is 5.78. The van der Waals surface area contributed by atoms with Gasteiger partial charge >= 0.3 is 6.03 Å². The Bertz CT molecular complexity index is 878. The number of rotatable bonds is 3. The van der Waals surface area contributed by atoms with Gasteiger partial charge in [0.25, 0.3) is 0 Å². The van der Waals surface area contributed by atoms with E-state index in [1.807, 2.05) is 55.2 Å². The molecule has 25 heavy (non-hydrogen) atoms. The van der Waals surface area contributed by atoms with Gasteiger partial charge in [-0.15, -0.1) is 0 Å². The predicted octanol–water partition coefficient (Wildman–Crippen LogP) is 3.60. The molecule has 1 aliphatic rings. The number of furan rings is 1. The van der Waals surface area contributed by atoms with Gasteiger partial charge in [0.2, 0.25) is 0 Å². The molecule has 3 aromatic rings. The fourth-order valence-electron chi connectivity index (χ4n) is 3.54. The van der Waals surface area contributed by atoms with Crippen LogP contribution in [-0.2, 0) is 13.5 Å². The monoisotopic (exact) mass is 338 g/mol. The summed E-state index contributed by atoms with van der Waals surface area (Å²) in [5.41, 5.74) is 3.17. The lowest BCUT2D eigenvalue weighted by Gasteiger charge is -2.24. The molecule has 1 aliphatic carbocycles. The number of carbonyl (C=O) groups is 1. The van der Waals surface area contributed by atoms with Gasteiger partial charge in [-0.3, -0.25) is 4.68 Å². The van der Waals surface area contributed by atoms with Crippen LogP contribution in [0.15, 0.2) is 40.9 Å². The quantitative estimate of drug-likeness (QED) is 0.766. The molecule has 2 atom stereocenters. The zero-order valence-electron chi connectivity index (χ0n) is 14.5. The van der Waals surface area contributed by atoms with E-state index in [9.17, 15) is 4.79 Å². The highest BCUT2D eigenvalue weighted by Crippen LogP contribution is 2.29. The van der Waals surface area contributed by atoms with Crippen molar-refractivity contribution < 1.29 is 9.21 Å². The zero-order chi connectivity index (χ0) is 17.4. The van der Waals surface area contributed by atoms with E-state index in [4.69, 9.17) is 4.42 Å². The van der Waals surface area contributed by atoms with Crippen LogP contribution in [0.4, 0.5) is 4.79 Å². The fraction of sp³-hybridized carbons (Fsp3) is 0.368. The molecular formula is C19H22N4O2. The Morgan fingerprint density at radius 3 is 3.08 bits per heavy atom. The molecule has 0 radical (unpaired) electrons. The highest BCUT2D eigenvalue weighted by atomic mass is 16.3. The molecule has 2 N–H and O–H groups in total. The number of carbonyl (C=O) groups excluding carboxylic acids is 1. The van der Waals surface area contributed by atoms with Crippen LogP contribution in [0, 0.1) is 0 Å². The summed E-state index contributed by atoms with van der Waals surface area (Å²) in [6.45, 7) is 1.92. The zero-order valence-corrected chi connectivity index (χ0v) is 14.5. The Kier molecular flexibility index (Phi) is 3.95. The van der Waals surface area contributed by atoms with Crippen LogP contribution < -0.4 is 10.6 Å². The summed E-state index contributed by atoms with van der Waals surface area (Å²) in [5, 5.41) is 11.4. The summed E-state index contributed by atoms with van der Waals surface area (Å²) in [5.74, 6) is 0.752. The minimum Gasteiger partial charge on any atom is -0.459 e. The van der Waals surface area contributed by atoms with Crippen molar-refractivity contribution in [3.63, 3.8) is 0 Å². The molecule has 4 rings (SSSR count). The molecular weight excluding hydrogens is 316 g/mol. The minimum absolute atomic E-state index is 0.0142. The third-order valence-electron chi connectivity index (χ3n) is 4.90. The maximum atomic E-state index is 12.4. The summed E-state index contributed by atoms with van der Waals surface area (Å²) in [6.07, 6.45) is 4.87. The molecule has 2 aromatic heterocycles. The van der Waals surface area contributed by atoms with Gasteiger partial charge in [0, 0.05) is 23.7 Å². The van der Waals surface area contributed by atoms with Crippen LogP contribution in [-0.4, -0.2) is 15.8 Å². The average molecular weight is 338 g/mol. The molecule has 2 amide bonds. The van der Waals surface area contributed by atoms with Gasteiger partial charge in [0.05, 0.1) is 18.3 Å². The molecule has 0 spiro atoms. The number of amides is 2. The molecule has 130 valence electrons. The maximum absolute atomic E-state index is 12.4. The number of nitrogens with one attached hydrogen (secondary N) is 2. The number of aryl methyl sites for hydroxylation is 1. The van der Waals surface area contributed by atoms with Crippen molar-refractivity contribution in [2.24, 2.45) is 7.05 Å². The summed E-state index contributed by atoms with van der Waals surface area (Å²) in [4.78, 5) is 12.4. The summed E-state index contributed by atoms with van der Waals surface area (Å²) < 4.78 is 7.73. The van der Waals surface area contributed by atoms with E-state index >= 15 is 0 Å². The normalized spacial score (nSPS) is 17.9. The van der Waals surface area contributed by atoms with Crippen LogP contribution in [0.5, 0.6) is 0 Å². The summed E-state index contributed by atoms with van der Waals surface area (Å²) >= 11 is 0. The van der Waals surface area contributed by atoms with E-state index < -0.39 is 0 Å². The number of para-hydroxylation sites is 1. The fourth-order valence-corrected chi connectivity index (χ4v) is 3.54. The first-order valence-corrected chi connectivity index (χ1v) is 8.68. The van der Waals surface area contributed by atoms with Crippen LogP contribution in [0.1, 0.15) is 48.9 Å². The summed E-state index contributed by atoms with van der Waals surface area (Å²) in [6, 6.07) is 9.44. The number of benzene rings is 1. The van der Waals surface area contributed by atoms with E-state index in [2.05, 4.69) is 15.7 Å². The van der Waals surface area contributed by atoms with Crippen molar-refractivity contribution in [3.8, 4) is 0 Å². The van der Waals surface area contributed by atoms with Gasteiger partial charge in [-0.1, -0.05) is 18.2 Å². The molecule has 6 heteroatoms. The molecule has 0 aliphatic heterocycles. The molecule has 0 unspecified atom stereocenters. The predicted molar refractivity (Wildman–Crippen MR) is 95.2 cm³/mol. The van der Waals surface area contributed by atoms with Gasteiger partial charge in [-0.25, -0.2) is 4.79 Å². The van der Waals surface area contributed by atoms with Crippen LogP contribution >= 0.6 is 0 Å². The minimum atomic E-state index is -0.204. The Balaban J connectivity index is 1.43. The number of fused-ring (bicyclic) bond motifs is 2.